The van der Waals surface area contributed by atoms with E-state index < -0.39 is 6.09 Å². The Balaban J connectivity index is 2.57. The summed E-state index contributed by atoms with van der Waals surface area (Å²) >= 11 is 1.36. The number of rotatable bonds is 4. The van der Waals surface area contributed by atoms with Gasteiger partial charge in [0.25, 0.3) is 0 Å². The Hall–Kier alpha value is -1.30. The zero-order valence-corrected chi connectivity index (χ0v) is 10.2. The summed E-state index contributed by atoms with van der Waals surface area (Å²) in [5, 5.41) is 0.302. The van der Waals surface area contributed by atoms with Gasteiger partial charge in [-0.25, -0.2) is 14.3 Å². The van der Waals surface area contributed by atoms with E-state index in [1.807, 2.05) is 6.92 Å². The zero-order chi connectivity index (χ0) is 12.0. The fourth-order valence-corrected chi connectivity index (χ4v) is 1.71. The number of carbonyl (C=O) groups is 1. The van der Waals surface area contributed by atoms with Crippen molar-refractivity contribution < 1.29 is 14.3 Å². The van der Waals surface area contributed by atoms with Crippen LogP contribution in [0, 0.1) is 0 Å². The Bertz CT molecular complexity index is 376. The quantitative estimate of drug-likeness (QED) is 0.755. The van der Waals surface area contributed by atoms with Crippen LogP contribution in [-0.4, -0.2) is 37.9 Å². The number of hydrogen-bond acceptors (Lipinski definition) is 4. The van der Waals surface area contributed by atoms with Gasteiger partial charge in [0.05, 0.1) is 12.3 Å². The molecule has 0 amide bonds. The normalized spacial score (nSPS) is 10.1. The first-order chi connectivity index (χ1) is 7.67. The lowest BCUT2D eigenvalue weighted by Gasteiger charge is -1.99. The molecule has 1 rings (SSSR count). The summed E-state index contributed by atoms with van der Waals surface area (Å²) in [5.41, 5.74) is 0.645. The summed E-state index contributed by atoms with van der Waals surface area (Å²) in [7, 11) is 0. The lowest BCUT2D eigenvalue weighted by molar-refractivity contribution is 0.154. The lowest BCUT2D eigenvalue weighted by Crippen LogP contribution is -2.11. The molecule has 0 fully saturated rings. The van der Waals surface area contributed by atoms with E-state index in [1.54, 1.807) is 13.1 Å². The van der Waals surface area contributed by atoms with Crippen molar-refractivity contribution in [3.8, 4) is 0 Å². The maximum Gasteiger partial charge on any atom is 0.419 e. The van der Waals surface area contributed by atoms with Gasteiger partial charge in [-0.05, 0) is 18.7 Å². The molecule has 0 aliphatic heterocycles. The van der Waals surface area contributed by atoms with E-state index in [0.717, 1.165) is 5.75 Å². The van der Waals surface area contributed by atoms with Crippen molar-refractivity contribution >= 4 is 23.0 Å². The molecule has 0 aromatic carbocycles. The van der Waals surface area contributed by atoms with Crippen molar-refractivity contribution in [3.05, 3.63) is 18.2 Å². The maximum absolute atomic E-state index is 11.3. The van der Waals surface area contributed by atoms with E-state index in [1.165, 1.54) is 22.7 Å². The third kappa shape index (κ3) is 3.69. The predicted molar refractivity (Wildman–Crippen MR) is 63.4 cm³/mol. The molecular weight excluding hydrogens is 228 g/mol. The Morgan fingerprint density at radius 3 is 3.00 bits per heavy atom. The van der Waals surface area contributed by atoms with Crippen molar-refractivity contribution in [2.45, 2.75) is 20.3 Å². The Labute approximate surface area is 98.2 Å². The molecule has 1 N–H and O–H groups in total. The number of aromatic nitrogens is 2. The second-order valence-electron chi connectivity index (χ2n) is 2.97. The molecule has 0 saturated carbocycles. The standard InChI is InChI=1S/C10H14N2O3S/c1-3-15-10(14)12-6-8(11-7-12)5-9(13)16-4-2/h6-7H,3-5H2,1-2H3/p+1. The van der Waals surface area contributed by atoms with Crippen LogP contribution in [-0.2, 0) is 11.2 Å². The fraction of sp³-hybridized carbons (Fsp3) is 0.500. The monoisotopic (exact) mass is 243 g/mol. The van der Waals surface area contributed by atoms with Crippen LogP contribution >= 0.6 is 11.8 Å². The third-order valence-electron chi connectivity index (χ3n) is 1.76. The highest BCUT2D eigenvalue weighted by Crippen LogP contribution is 2.07. The third-order valence-corrected chi connectivity index (χ3v) is 2.52. The predicted octanol–water partition coefficient (Wildman–Crippen LogP) is 1.69. The van der Waals surface area contributed by atoms with Crippen LogP contribution in [0.25, 0.3) is 0 Å². The van der Waals surface area contributed by atoms with Gasteiger partial charge in [-0.15, -0.1) is 0 Å². The SMILES string of the molecule is CCOC(=O)n1cnc(CC(=[OH+])SCC)c1. The van der Waals surface area contributed by atoms with E-state index in [9.17, 15) is 9.59 Å². The van der Waals surface area contributed by atoms with Gasteiger partial charge in [0, 0.05) is 11.9 Å². The van der Waals surface area contributed by atoms with Gasteiger partial charge >= 0.3 is 11.2 Å². The molecule has 0 saturated heterocycles. The second kappa shape index (κ2) is 6.32. The highest BCUT2D eigenvalue weighted by atomic mass is 32.2. The fourth-order valence-electron chi connectivity index (χ4n) is 1.13. The number of ether oxygens (including phenoxy) is 1. The molecule has 16 heavy (non-hydrogen) atoms. The molecule has 1 heterocycles. The van der Waals surface area contributed by atoms with E-state index in [2.05, 4.69) is 4.98 Å². The smallest absolute Gasteiger partial charge is 0.419 e. The van der Waals surface area contributed by atoms with Crippen LogP contribution in [0.15, 0.2) is 12.5 Å². The Morgan fingerprint density at radius 1 is 1.62 bits per heavy atom. The van der Waals surface area contributed by atoms with Gasteiger partial charge in [-0.3, -0.25) is 4.79 Å². The molecule has 1 aromatic heterocycles. The molecular formula is C10H15N2O3S+. The van der Waals surface area contributed by atoms with Gasteiger partial charge < -0.3 is 4.74 Å². The molecule has 88 valence electrons. The summed E-state index contributed by atoms with van der Waals surface area (Å²) in [4.78, 5) is 24.8. The van der Waals surface area contributed by atoms with Crippen LogP contribution in [0.1, 0.15) is 19.5 Å². The molecule has 0 bridgehead atoms. The molecule has 0 aliphatic carbocycles. The first kappa shape index (κ1) is 12.8. The van der Waals surface area contributed by atoms with Crippen LogP contribution in [0.2, 0.25) is 0 Å². The van der Waals surface area contributed by atoms with Gasteiger partial charge in [0.2, 0.25) is 0 Å². The number of hydrogen-bond donors (Lipinski definition) is 0. The topological polar surface area (TPSA) is 65.5 Å². The van der Waals surface area contributed by atoms with Crippen LogP contribution < -0.4 is 0 Å². The highest BCUT2D eigenvalue weighted by molar-refractivity contribution is 8.13. The van der Waals surface area contributed by atoms with Crippen molar-refractivity contribution in [3.63, 3.8) is 0 Å². The molecule has 6 heteroatoms. The minimum absolute atomic E-state index is 0.302. The largest absolute Gasteiger partial charge is 0.449 e. The summed E-state index contributed by atoms with van der Waals surface area (Å²) in [5.74, 6) is 0.810. The van der Waals surface area contributed by atoms with Gasteiger partial charge in [-0.2, -0.15) is 0 Å². The van der Waals surface area contributed by atoms with Gasteiger partial charge in [-0.1, -0.05) is 6.92 Å². The Morgan fingerprint density at radius 2 is 2.38 bits per heavy atom. The second-order valence-corrected chi connectivity index (χ2v) is 4.31. The van der Waals surface area contributed by atoms with Crippen molar-refractivity contribution in [2.24, 2.45) is 0 Å². The number of nitrogens with zero attached hydrogens (tertiary/aromatic N) is 2. The number of imidazole rings is 1. The molecule has 0 spiro atoms. The van der Waals surface area contributed by atoms with E-state index in [4.69, 9.17) is 4.74 Å². The number of thioether (sulfide) groups is 1. The minimum Gasteiger partial charge on any atom is -0.449 e. The highest BCUT2D eigenvalue weighted by Gasteiger charge is 2.13. The van der Waals surface area contributed by atoms with Gasteiger partial charge in [0.15, 0.2) is 0 Å². The average molecular weight is 243 g/mol. The van der Waals surface area contributed by atoms with Crippen LogP contribution in [0.4, 0.5) is 4.79 Å². The summed E-state index contributed by atoms with van der Waals surface area (Å²) in [6, 6.07) is 0. The average Bonchev–Trinajstić information content (AvgIpc) is 2.67. The van der Waals surface area contributed by atoms with Gasteiger partial charge in [0.1, 0.15) is 12.7 Å². The maximum atomic E-state index is 11.3. The van der Waals surface area contributed by atoms with Crippen molar-refractivity contribution in [2.75, 3.05) is 12.4 Å². The molecule has 5 nitrogen and oxygen atoms in total. The molecule has 0 atom stereocenters. The molecule has 0 radical (unpaired) electrons. The lowest BCUT2D eigenvalue weighted by atomic mass is 10.4. The first-order valence-electron chi connectivity index (χ1n) is 5.05. The zero-order valence-electron chi connectivity index (χ0n) is 9.34. The molecule has 0 unspecified atom stereocenters. The number of carbonyl (C=O) groups excluding carboxylic acids is 2. The molecule has 0 aliphatic rings. The summed E-state index contributed by atoms with van der Waals surface area (Å²) in [6.45, 7) is 4.03. The van der Waals surface area contributed by atoms with E-state index >= 15 is 0 Å². The van der Waals surface area contributed by atoms with Crippen LogP contribution in [0.5, 0.6) is 0 Å². The van der Waals surface area contributed by atoms with Crippen LogP contribution in [0.3, 0.4) is 0 Å². The van der Waals surface area contributed by atoms with E-state index in [0.29, 0.717) is 23.8 Å². The van der Waals surface area contributed by atoms with Crippen molar-refractivity contribution in [1.82, 2.24) is 9.55 Å². The van der Waals surface area contributed by atoms with E-state index in [-0.39, 0.29) is 0 Å². The summed E-state index contributed by atoms with van der Waals surface area (Å²) < 4.78 is 6.07. The summed E-state index contributed by atoms with van der Waals surface area (Å²) in [6.07, 6.45) is 2.84. The first-order valence-corrected chi connectivity index (χ1v) is 6.03. The molecule has 1 aromatic rings. The minimum atomic E-state index is -0.455. The Kier molecular flexibility index (Phi) is 5.04. The van der Waals surface area contributed by atoms with Crippen molar-refractivity contribution in [1.29, 1.82) is 0 Å².